The first kappa shape index (κ1) is 18.4. The second-order valence-corrected chi connectivity index (χ2v) is 6.80. The van der Waals surface area contributed by atoms with Gasteiger partial charge in [-0.3, -0.25) is 4.79 Å². The highest BCUT2D eigenvalue weighted by atomic mass is 19.2. The Morgan fingerprint density at radius 1 is 1.11 bits per heavy atom. The van der Waals surface area contributed by atoms with Gasteiger partial charge in [-0.25, -0.2) is 18.2 Å². The number of nitrogens with zero attached hydrogens (tertiary/aromatic N) is 2. The van der Waals surface area contributed by atoms with Crippen molar-refractivity contribution >= 4 is 16.8 Å². The first-order chi connectivity index (χ1) is 13.5. The summed E-state index contributed by atoms with van der Waals surface area (Å²) in [5.74, 6) is -3.02. The van der Waals surface area contributed by atoms with E-state index in [-0.39, 0.29) is 40.9 Å². The number of halogens is 3. The number of para-hydroxylation sites is 1. The van der Waals surface area contributed by atoms with Crippen molar-refractivity contribution in [1.29, 1.82) is 0 Å². The highest BCUT2D eigenvalue weighted by molar-refractivity contribution is 6.07. The van der Waals surface area contributed by atoms with Crippen LogP contribution in [0, 0.1) is 17.5 Å². The molecular formula is C21H17F3N2O2. The van der Waals surface area contributed by atoms with Gasteiger partial charge in [0.25, 0.3) is 5.91 Å². The molecular weight excluding hydrogens is 369 g/mol. The highest BCUT2D eigenvalue weighted by Crippen LogP contribution is 2.30. The summed E-state index contributed by atoms with van der Waals surface area (Å²) < 4.78 is 41.4. The first-order valence-corrected chi connectivity index (χ1v) is 8.96. The summed E-state index contributed by atoms with van der Waals surface area (Å²) in [6.07, 6.45) is 1.46. The SMILES string of the molecule is O=C(c1cc(-c2ccc(F)c(F)c2)nc2c(F)cccc12)N1CCCC1CO. The third kappa shape index (κ3) is 3.11. The molecule has 1 aliphatic rings. The fourth-order valence-electron chi connectivity index (χ4n) is 3.64. The second-order valence-electron chi connectivity index (χ2n) is 6.80. The molecule has 144 valence electrons. The van der Waals surface area contributed by atoms with E-state index in [9.17, 15) is 23.1 Å². The van der Waals surface area contributed by atoms with E-state index in [1.54, 1.807) is 11.0 Å². The monoisotopic (exact) mass is 386 g/mol. The zero-order valence-electron chi connectivity index (χ0n) is 14.8. The van der Waals surface area contributed by atoms with Crippen LogP contribution >= 0.6 is 0 Å². The predicted molar refractivity (Wildman–Crippen MR) is 98.2 cm³/mol. The molecule has 3 aromatic rings. The van der Waals surface area contributed by atoms with Gasteiger partial charge in [-0.1, -0.05) is 12.1 Å². The van der Waals surface area contributed by atoms with Crippen molar-refractivity contribution in [3.05, 3.63) is 65.5 Å². The average Bonchev–Trinajstić information content (AvgIpc) is 3.18. The van der Waals surface area contributed by atoms with Crippen molar-refractivity contribution in [2.75, 3.05) is 13.2 Å². The number of aromatic nitrogens is 1. The molecule has 1 amide bonds. The number of rotatable bonds is 3. The van der Waals surface area contributed by atoms with Gasteiger partial charge in [0.15, 0.2) is 11.6 Å². The van der Waals surface area contributed by atoms with Gasteiger partial charge in [-0.2, -0.15) is 0 Å². The number of likely N-dealkylation sites (tertiary alicyclic amines) is 1. The van der Waals surface area contributed by atoms with Crippen LogP contribution < -0.4 is 0 Å². The number of hydrogen-bond acceptors (Lipinski definition) is 3. The quantitative estimate of drug-likeness (QED) is 0.743. The summed E-state index contributed by atoms with van der Waals surface area (Å²) in [7, 11) is 0. The van der Waals surface area contributed by atoms with Crippen molar-refractivity contribution in [2.45, 2.75) is 18.9 Å². The lowest BCUT2D eigenvalue weighted by atomic mass is 10.0. The average molecular weight is 386 g/mol. The van der Waals surface area contributed by atoms with E-state index in [1.165, 1.54) is 24.3 Å². The van der Waals surface area contributed by atoms with E-state index in [0.29, 0.717) is 18.4 Å². The molecule has 1 saturated heterocycles. The molecule has 1 unspecified atom stereocenters. The minimum Gasteiger partial charge on any atom is -0.394 e. The van der Waals surface area contributed by atoms with Crippen LogP contribution in [-0.2, 0) is 0 Å². The number of pyridine rings is 1. The first-order valence-electron chi connectivity index (χ1n) is 8.96. The highest BCUT2D eigenvalue weighted by Gasteiger charge is 2.30. The Balaban J connectivity index is 1.90. The molecule has 0 bridgehead atoms. The van der Waals surface area contributed by atoms with Gasteiger partial charge >= 0.3 is 0 Å². The lowest BCUT2D eigenvalue weighted by Gasteiger charge is -2.24. The van der Waals surface area contributed by atoms with Gasteiger partial charge in [0.2, 0.25) is 0 Å². The zero-order chi connectivity index (χ0) is 19.8. The molecule has 2 aromatic carbocycles. The van der Waals surface area contributed by atoms with Crippen molar-refractivity contribution in [2.24, 2.45) is 0 Å². The summed E-state index contributed by atoms with van der Waals surface area (Å²) in [4.78, 5) is 19.0. The van der Waals surface area contributed by atoms with E-state index in [0.717, 1.165) is 18.6 Å². The normalized spacial score (nSPS) is 16.7. The lowest BCUT2D eigenvalue weighted by Crippen LogP contribution is -2.37. The molecule has 1 aliphatic heterocycles. The van der Waals surface area contributed by atoms with Crippen molar-refractivity contribution < 1.29 is 23.1 Å². The van der Waals surface area contributed by atoms with Crippen LogP contribution in [0.15, 0.2) is 42.5 Å². The molecule has 7 heteroatoms. The molecule has 0 aliphatic carbocycles. The molecule has 0 saturated carbocycles. The second kappa shape index (κ2) is 7.24. The number of aliphatic hydroxyl groups is 1. The molecule has 1 N–H and O–H groups in total. The number of carbonyl (C=O) groups is 1. The molecule has 28 heavy (non-hydrogen) atoms. The number of aliphatic hydroxyl groups excluding tert-OH is 1. The van der Waals surface area contributed by atoms with Crippen LogP contribution in [0.5, 0.6) is 0 Å². The van der Waals surface area contributed by atoms with E-state index >= 15 is 0 Å². The lowest BCUT2D eigenvalue weighted by molar-refractivity contribution is 0.0679. The van der Waals surface area contributed by atoms with Crippen molar-refractivity contribution in [3.63, 3.8) is 0 Å². The number of benzene rings is 2. The molecule has 0 radical (unpaired) electrons. The Bertz CT molecular complexity index is 1070. The maximum atomic E-state index is 14.4. The fourth-order valence-corrected chi connectivity index (χ4v) is 3.64. The zero-order valence-corrected chi connectivity index (χ0v) is 14.8. The van der Waals surface area contributed by atoms with Gasteiger partial charge in [-0.05, 0) is 43.2 Å². The molecule has 0 spiro atoms. The molecule has 4 rings (SSSR count). The Labute approximate surface area is 159 Å². The molecule has 4 nitrogen and oxygen atoms in total. The smallest absolute Gasteiger partial charge is 0.254 e. The third-order valence-electron chi connectivity index (χ3n) is 5.08. The number of amides is 1. The van der Waals surface area contributed by atoms with Gasteiger partial charge < -0.3 is 10.0 Å². The summed E-state index contributed by atoms with van der Waals surface area (Å²) in [5, 5.41) is 9.87. The molecule has 1 atom stereocenters. The van der Waals surface area contributed by atoms with Gasteiger partial charge in [-0.15, -0.1) is 0 Å². The van der Waals surface area contributed by atoms with E-state index < -0.39 is 17.5 Å². The van der Waals surface area contributed by atoms with Crippen LogP contribution in [0.4, 0.5) is 13.2 Å². The Morgan fingerprint density at radius 2 is 1.93 bits per heavy atom. The number of carbonyl (C=O) groups excluding carboxylic acids is 1. The van der Waals surface area contributed by atoms with E-state index in [1.807, 2.05) is 0 Å². The number of hydrogen-bond donors (Lipinski definition) is 1. The fraction of sp³-hybridized carbons (Fsp3) is 0.238. The summed E-state index contributed by atoms with van der Waals surface area (Å²) >= 11 is 0. The molecule has 1 aromatic heterocycles. The topological polar surface area (TPSA) is 53.4 Å². The van der Waals surface area contributed by atoms with Crippen molar-refractivity contribution in [3.8, 4) is 11.3 Å². The van der Waals surface area contributed by atoms with Gasteiger partial charge in [0.05, 0.1) is 23.9 Å². The van der Waals surface area contributed by atoms with Crippen molar-refractivity contribution in [1.82, 2.24) is 9.88 Å². The summed E-state index contributed by atoms with van der Waals surface area (Å²) in [6, 6.07) is 8.73. The van der Waals surface area contributed by atoms with Crippen LogP contribution in [0.3, 0.4) is 0 Å². The van der Waals surface area contributed by atoms with Gasteiger partial charge in [0, 0.05) is 17.5 Å². The largest absolute Gasteiger partial charge is 0.394 e. The van der Waals surface area contributed by atoms with Crippen LogP contribution in [0.1, 0.15) is 23.2 Å². The maximum absolute atomic E-state index is 14.4. The molecule has 1 fully saturated rings. The standard InChI is InChI=1S/C21H17F3N2O2/c22-16-7-6-12(9-18(16)24)19-10-15(14-4-1-5-17(23)20(14)25-19)21(28)26-8-2-3-13(26)11-27/h1,4-7,9-10,13,27H,2-3,8,11H2. The summed E-state index contributed by atoms with van der Waals surface area (Å²) in [5.41, 5.74) is 0.593. The number of fused-ring (bicyclic) bond motifs is 1. The Kier molecular flexibility index (Phi) is 4.77. The van der Waals surface area contributed by atoms with E-state index in [2.05, 4.69) is 4.98 Å². The van der Waals surface area contributed by atoms with Gasteiger partial charge in [0.1, 0.15) is 11.3 Å². The Hall–Kier alpha value is -2.93. The summed E-state index contributed by atoms with van der Waals surface area (Å²) in [6.45, 7) is 0.336. The van der Waals surface area contributed by atoms with E-state index in [4.69, 9.17) is 0 Å². The minimum atomic E-state index is -1.05. The van der Waals surface area contributed by atoms with Crippen LogP contribution in [0.25, 0.3) is 22.2 Å². The minimum absolute atomic E-state index is 0.0205. The maximum Gasteiger partial charge on any atom is 0.254 e. The Morgan fingerprint density at radius 3 is 2.68 bits per heavy atom. The third-order valence-corrected chi connectivity index (χ3v) is 5.08. The van der Waals surface area contributed by atoms with Crippen LogP contribution in [0.2, 0.25) is 0 Å². The molecule has 2 heterocycles. The van der Waals surface area contributed by atoms with Crippen LogP contribution in [-0.4, -0.2) is 40.1 Å². The predicted octanol–water partition coefficient (Wildman–Crippen LogP) is 3.92.